The maximum atomic E-state index is 6.85. The van der Waals surface area contributed by atoms with Gasteiger partial charge in [0, 0.05) is 75.8 Å². The molecule has 8 aromatic carbocycles. The SMILES string of the molecule is CC(C)(C)c1ccc(N2B3c4cc5c(cc4-n4c6cc7c(cc6c6c8sc9ccccc9c8c(c3c64)-c3cc4c(cc32)C(C)(C)c2ccccc2-4)C(C)(C)CCC7(C)C)oc2ccccc25)cc1. The summed E-state index contributed by atoms with van der Waals surface area (Å²) < 4.78 is 12.3. The summed E-state index contributed by atoms with van der Waals surface area (Å²) in [6.45, 7) is 21.6. The Bertz CT molecular complexity index is 4110. The number of hydrogen-bond acceptors (Lipinski definition) is 3. The summed E-state index contributed by atoms with van der Waals surface area (Å²) in [4.78, 5) is 2.74. The fourth-order valence-electron chi connectivity index (χ4n) is 13.7. The molecule has 0 saturated heterocycles. The average molecular weight is 897 g/mol. The van der Waals surface area contributed by atoms with Crippen LogP contribution in [0, 0.1) is 0 Å². The number of furan rings is 1. The fraction of sp³-hybridized carbons (Fsp3) is 0.238. The summed E-state index contributed by atoms with van der Waals surface area (Å²) in [5, 5.41) is 7.80. The Labute approximate surface area is 402 Å². The van der Waals surface area contributed by atoms with Gasteiger partial charge >= 0.3 is 6.85 Å². The minimum Gasteiger partial charge on any atom is -0.456 e. The molecule has 3 aromatic heterocycles. The van der Waals surface area contributed by atoms with E-state index in [1.807, 2.05) is 11.3 Å². The number of anilines is 2. The average Bonchev–Trinajstić information content (AvgIpc) is 4.05. The van der Waals surface area contributed by atoms with Crippen molar-refractivity contribution in [2.75, 3.05) is 4.81 Å². The van der Waals surface area contributed by atoms with E-state index in [2.05, 4.69) is 205 Å². The second-order valence-corrected chi connectivity index (χ2v) is 24.5. The number of nitrogens with zero attached hydrogens (tertiary/aromatic N) is 2. The highest BCUT2D eigenvalue weighted by atomic mass is 32.1. The summed E-state index contributed by atoms with van der Waals surface area (Å²) in [6, 6.07) is 51.9. The molecule has 0 N–H and O–H groups in total. The Morgan fingerprint density at radius 2 is 1.28 bits per heavy atom. The van der Waals surface area contributed by atoms with Crippen molar-refractivity contribution in [3.05, 3.63) is 161 Å². The first-order valence-corrected chi connectivity index (χ1v) is 25.6. The Balaban J connectivity index is 1.20. The highest BCUT2D eigenvalue weighted by Crippen LogP contribution is 2.58. The highest BCUT2D eigenvalue weighted by molar-refractivity contribution is 7.27. The van der Waals surface area contributed by atoms with Gasteiger partial charge in [-0.2, -0.15) is 0 Å². The molecule has 0 amide bonds. The molecule has 0 unspecified atom stereocenters. The second-order valence-electron chi connectivity index (χ2n) is 23.5. The molecular weight excluding hydrogens is 844 g/mol. The monoisotopic (exact) mass is 896 g/mol. The molecule has 0 fully saturated rings. The summed E-state index contributed by atoms with van der Waals surface area (Å²) in [5.41, 5.74) is 23.4. The molecule has 15 rings (SSSR count). The minimum absolute atomic E-state index is 0.0218. The smallest absolute Gasteiger partial charge is 0.333 e. The molecule has 0 bridgehead atoms. The van der Waals surface area contributed by atoms with Gasteiger partial charge in [0.15, 0.2) is 0 Å². The van der Waals surface area contributed by atoms with Crippen LogP contribution in [0.25, 0.3) is 91.9 Å². The topological polar surface area (TPSA) is 21.3 Å². The number of thiophene rings is 1. The first-order valence-electron chi connectivity index (χ1n) is 24.7. The predicted molar refractivity (Wildman–Crippen MR) is 292 cm³/mol. The molecule has 2 aliphatic heterocycles. The zero-order chi connectivity index (χ0) is 46.1. The van der Waals surface area contributed by atoms with Crippen molar-refractivity contribution in [1.29, 1.82) is 0 Å². The van der Waals surface area contributed by atoms with Gasteiger partial charge in [-0.05, 0) is 133 Å². The van der Waals surface area contributed by atoms with E-state index in [1.165, 1.54) is 132 Å². The molecule has 0 saturated carbocycles. The highest BCUT2D eigenvalue weighted by Gasteiger charge is 2.48. The van der Waals surface area contributed by atoms with E-state index in [1.54, 1.807) is 0 Å². The molecule has 2 aliphatic carbocycles. The Morgan fingerprint density at radius 1 is 0.574 bits per heavy atom. The number of aromatic nitrogens is 1. The van der Waals surface area contributed by atoms with E-state index in [4.69, 9.17) is 4.42 Å². The standard InChI is InChI=1S/C63H53BN2OS/c1-60(2,3)34-22-24-35(25-23-34)66-49-31-44-39(36-16-10-13-19-43(36)63(44,8)9)28-41(49)54-55-38-18-12-15-21-53(38)68-59(55)56-42-29-45-46(62(6,7)27-26-61(45,4)5)32-48(42)65-50-33-52-40(37-17-11-14-20-51(37)67-52)30-47(50)64(66)57(54)58(56)65/h10-25,28-33H,26-27H2,1-9H3. The molecule has 330 valence electrons. The van der Waals surface area contributed by atoms with Gasteiger partial charge in [-0.15, -0.1) is 11.3 Å². The van der Waals surface area contributed by atoms with Crippen molar-refractivity contribution in [1.82, 2.24) is 4.57 Å². The quantitative estimate of drug-likeness (QED) is 0.153. The van der Waals surface area contributed by atoms with Crippen molar-refractivity contribution in [3.8, 4) is 27.9 Å². The second kappa shape index (κ2) is 12.6. The van der Waals surface area contributed by atoms with E-state index in [9.17, 15) is 0 Å². The summed E-state index contributed by atoms with van der Waals surface area (Å²) in [7, 11) is 0. The van der Waals surface area contributed by atoms with Crippen molar-refractivity contribution in [3.63, 3.8) is 0 Å². The first kappa shape index (κ1) is 39.4. The van der Waals surface area contributed by atoms with Gasteiger partial charge in [-0.25, -0.2) is 0 Å². The molecule has 5 heterocycles. The molecule has 0 atom stereocenters. The van der Waals surface area contributed by atoms with Crippen molar-refractivity contribution in [2.24, 2.45) is 0 Å². The van der Waals surface area contributed by atoms with Gasteiger partial charge in [0.25, 0.3) is 0 Å². The van der Waals surface area contributed by atoms with Crippen LogP contribution in [0.1, 0.15) is 103 Å². The predicted octanol–water partition coefficient (Wildman–Crippen LogP) is 16.2. The van der Waals surface area contributed by atoms with Crippen LogP contribution in [0.2, 0.25) is 0 Å². The lowest BCUT2D eigenvalue weighted by molar-refractivity contribution is 0.332. The maximum Gasteiger partial charge on any atom is 0.333 e. The van der Waals surface area contributed by atoms with Crippen LogP contribution in [-0.4, -0.2) is 11.4 Å². The molecule has 0 spiro atoms. The van der Waals surface area contributed by atoms with Crippen molar-refractivity contribution in [2.45, 2.75) is 96.8 Å². The van der Waals surface area contributed by atoms with Gasteiger partial charge < -0.3 is 13.8 Å². The summed E-state index contributed by atoms with van der Waals surface area (Å²) in [5.74, 6) is 0. The van der Waals surface area contributed by atoms with Gasteiger partial charge in [0.1, 0.15) is 11.2 Å². The Morgan fingerprint density at radius 3 is 2.06 bits per heavy atom. The molecule has 11 aromatic rings. The van der Waals surface area contributed by atoms with Crippen LogP contribution in [0.4, 0.5) is 11.4 Å². The van der Waals surface area contributed by atoms with Crippen LogP contribution in [-0.2, 0) is 21.7 Å². The van der Waals surface area contributed by atoms with Crippen LogP contribution in [0.5, 0.6) is 0 Å². The number of hydrogen-bond donors (Lipinski definition) is 0. The number of rotatable bonds is 1. The third kappa shape index (κ3) is 4.81. The van der Waals surface area contributed by atoms with Gasteiger partial charge in [0.2, 0.25) is 0 Å². The molecule has 0 radical (unpaired) electrons. The lowest BCUT2D eigenvalue weighted by Gasteiger charge is -2.43. The first-order chi connectivity index (χ1) is 32.6. The molecular formula is C63H53BN2OS. The van der Waals surface area contributed by atoms with E-state index < -0.39 is 0 Å². The number of fused-ring (bicyclic) bond motifs is 20. The third-order valence-electron chi connectivity index (χ3n) is 17.4. The molecule has 5 heteroatoms. The van der Waals surface area contributed by atoms with Crippen LogP contribution < -0.4 is 15.7 Å². The zero-order valence-corrected chi connectivity index (χ0v) is 41.2. The number of para-hydroxylation sites is 1. The molecule has 3 nitrogen and oxygen atoms in total. The van der Waals surface area contributed by atoms with Crippen LogP contribution >= 0.6 is 11.3 Å². The number of benzene rings is 8. The normalized spacial score (nSPS) is 17.1. The van der Waals surface area contributed by atoms with E-state index in [0.717, 1.165) is 23.0 Å². The van der Waals surface area contributed by atoms with Gasteiger partial charge in [-0.1, -0.05) is 141 Å². The van der Waals surface area contributed by atoms with Crippen LogP contribution in [0.3, 0.4) is 0 Å². The van der Waals surface area contributed by atoms with Crippen LogP contribution in [0.15, 0.2) is 138 Å². The largest absolute Gasteiger partial charge is 0.456 e. The lowest BCUT2D eigenvalue weighted by Crippen LogP contribution is -2.60. The molecule has 4 aliphatic rings. The fourth-order valence-corrected chi connectivity index (χ4v) is 14.9. The van der Waals surface area contributed by atoms with E-state index in [-0.39, 0.29) is 28.5 Å². The van der Waals surface area contributed by atoms with Crippen molar-refractivity contribution < 1.29 is 4.42 Å². The van der Waals surface area contributed by atoms with E-state index >= 15 is 0 Å². The van der Waals surface area contributed by atoms with Gasteiger partial charge in [-0.3, -0.25) is 0 Å². The Hall–Kier alpha value is -6.56. The summed E-state index contributed by atoms with van der Waals surface area (Å²) >= 11 is 1.99. The third-order valence-corrected chi connectivity index (χ3v) is 18.6. The van der Waals surface area contributed by atoms with E-state index in [0.29, 0.717) is 0 Å². The summed E-state index contributed by atoms with van der Waals surface area (Å²) in [6.07, 6.45) is 2.33. The maximum absolute atomic E-state index is 6.85. The zero-order valence-electron chi connectivity index (χ0n) is 40.4. The lowest BCUT2D eigenvalue weighted by atomic mass is 9.43. The Kier molecular flexibility index (Phi) is 7.28. The van der Waals surface area contributed by atoms with Crippen molar-refractivity contribution >= 4 is 104 Å². The molecule has 68 heavy (non-hydrogen) atoms. The van der Waals surface area contributed by atoms with Gasteiger partial charge in [0.05, 0.1) is 11.0 Å². The minimum atomic E-state index is -0.170.